The summed E-state index contributed by atoms with van der Waals surface area (Å²) in [6.07, 6.45) is 2.05. The number of thiophene rings is 1. The van der Waals surface area contributed by atoms with Gasteiger partial charge in [0, 0.05) is 23.0 Å². The van der Waals surface area contributed by atoms with Crippen molar-refractivity contribution < 1.29 is 17.6 Å². The van der Waals surface area contributed by atoms with Gasteiger partial charge in [-0.2, -0.15) is 4.31 Å². The number of carbonyl (C=O) groups is 1. The van der Waals surface area contributed by atoms with Crippen molar-refractivity contribution in [2.24, 2.45) is 0 Å². The number of H-pyrrole nitrogens is 1. The maximum Gasteiger partial charge on any atom is 0.248 e. The summed E-state index contributed by atoms with van der Waals surface area (Å²) in [7, 11) is -4.09. The fourth-order valence-corrected chi connectivity index (χ4v) is 7.37. The SMILES string of the molecule is O=C(C1c2ccccc2CCN1S(=O)(=O)c1ccc2[nH]c(=O)ccc2c1)N(Cc1ccco1)Cc1cccs1. The molecule has 4 heterocycles. The second-order valence-electron chi connectivity index (χ2n) is 9.39. The number of sulfonamides is 1. The number of furan rings is 1. The van der Waals surface area contributed by atoms with Crippen LogP contribution in [0.5, 0.6) is 0 Å². The molecule has 0 saturated heterocycles. The zero-order chi connectivity index (χ0) is 27.0. The molecular formula is C29H25N3O5S2. The van der Waals surface area contributed by atoms with Gasteiger partial charge in [-0.25, -0.2) is 8.42 Å². The first kappa shape index (κ1) is 25.3. The summed E-state index contributed by atoms with van der Waals surface area (Å²) in [4.78, 5) is 31.5. The lowest BCUT2D eigenvalue weighted by Gasteiger charge is -2.38. The summed E-state index contributed by atoms with van der Waals surface area (Å²) in [5.74, 6) is 0.294. The molecule has 1 aliphatic rings. The largest absolute Gasteiger partial charge is 0.467 e. The van der Waals surface area contributed by atoms with Crippen molar-refractivity contribution >= 4 is 38.2 Å². The van der Waals surface area contributed by atoms with Crippen LogP contribution in [0.4, 0.5) is 0 Å². The topological polar surface area (TPSA) is 104 Å². The number of benzene rings is 2. The first-order chi connectivity index (χ1) is 18.9. The molecule has 0 saturated carbocycles. The minimum atomic E-state index is -4.09. The van der Waals surface area contributed by atoms with Crippen LogP contribution in [0.3, 0.4) is 0 Å². The molecule has 8 nitrogen and oxygen atoms in total. The molecule has 5 aromatic rings. The Hall–Kier alpha value is -3.99. The smallest absolute Gasteiger partial charge is 0.248 e. The third-order valence-corrected chi connectivity index (χ3v) is 9.66. The van der Waals surface area contributed by atoms with Crippen LogP contribution in [0.15, 0.2) is 105 Å². The minimum absolute atomic E-state index is 0.0649. The summed E-state index contributed by atoms with van der Waals surface area (Å²) < 4.78 is 35.2. The van der Waals surface area contributed by atoms with Crippen molar-refractivity contribution in [1.82, 2.24) is 14.2 Å². The number of rotatable bonds is 7. The van der Waals surface area contributed by atoms with Crippen molar-refractivity contribution in [3.8, 4) is 0 Å². The molecular weight excluding hydrogens is 534 g/mol. The Morgan fingerprint density at radius 3 is 2.69 bits per heavy atom. The Morgan fingerprint density at radius 2 is 1.90 bits per heavy atom. The number of aromatic amines is 1. The van der Waals surface area contributed by atoms with E-state index < -0.39 is 16.1 Å². The lowest BCUT2D eigenvalue weighted by atomic mass is 9.93. The van der Waals surface area contributed by atoms with E-state index in [-0.39, 0.29) is 29.5 Å². The van der Waals surface area contributed by atoms with Gasteiger partial charge in [0.25, 0.3) is 0 Å². The number of aromatic nitrogens is 1. The highest BCUT2D eigenvalue weighted by Crippen LogP contribution is 2.37. The van der Waals surface area contributed by atoms with Crippen molar-refractivity contribution in [1.29, 1.82) is 0 Å². The maximum absolute atomic E-state index is 14.4. The molecule has 198 valence electrons. The average molecular weight is 560 g/mol. The van der Waals surface area contributed by atoms with Gasteiger partial charge in [-0.15, -0.1) is 11.3 Å². The number of hydrogen-bond donors (Lipinski definition) is 1. The molecule has 1 atom stereocenters. The molecule has 0 spiro atoms. The van der Waals surface area contributed by atoms with E-state index in [2.05, 4.69) is 4.98 Å². The number of pyridine rings is 1. The number of nitrogens with one attached hydrogen (secondary N) is 1. The number of hydrogen-bond acceptors (Lipinski definition) is 6. The highest BCUT2D eigenvalue weighted by molar-refractivity contribution is 7.89. The number of carbonyl (C=O) groups excluding carboxylic acids is 1. The number of amides is 1. The highest BCUT2D eigenvalue weighted by atomic mass is 32.2. The van der Waals surface area contributed by atoms with Gasteiger partial charge in [0.1, 0.15) is 11.8 Å². The summed E-state index contributed by atoms with van der Waals surface area (Å²) in [6, 6.07) is 21.5. The van der Waals surface area contributed by atoms with Crippen LogP contribution in [0.1, 0.15) is 27.8 Å². The molecule has 0 aliphatic carbocycles. The van der Waals surface area contributed by atoms with Crippen LogP contribution in [0, 0.1) is 0 Å². The zero-order valence-electron chi connectivity index (χ0n) is 20.8. The second-order valence-corrected chi connectivity index (χ2v) is 12.3. The molecule has 10 heteroatoms. The van der Waals surface area contributed by atoms with Gasteiger partial charge in [0.2, 0.25) is 21.5 Å². The molecule has 0 fully saturated rings. The molecule has 6 rings (SSSR count). The third kappa shape index (κ3) is 4.94. The van der Waals surface area contributed by atoms with Crippen LogP contribution in [-0.4, -0.2) is 35.1 Å². The molecule has 2 aromatic carbocycles. The summed E-state index contributed by atoms with van der Waals surface area (Å²) in [5, 5.41) is 2.54. The summed E-state index contributed by atoms with van der Waals surface area (Å²) in [6.45, 7) is 0.694. The van der Waals surface area contributed by atoms with Gasteiger partial charge in [0.15, 0.2) is 0 Å². The van der Waals surface area contributed by atoms with E-state index in [0.29, 0.717) is 35.2 Å². The van der Waals surface area contributed by atoms with E-state index in [1.54, 1.807) is 35.4 Å². The molecule has 39 heavy (non-hydrogen) atoms. The predicted molar refractivity (Wildman–Crippen MR) is 149 cm³/mol. The normalized spacial score (nSPS) is 15.7. The molecule has 1 unspecified atom stereocenters. The van der Waals surface area contributed by atoms with Gasteiger partial charge in [-0.05, 0) is 70.8 Å². The standard InChI is InChI=1S/C29H25N3O5S2/c33-27-12-9-21-17-24(10-11-26(21)30-27)39(35,36)32-14-13-20-5-1-2-8-25(20)28(32)29(34)31(18-22-6-3-15-37-22)19-23-7-4-16-38-23/h1-12,15-17,28H,13-14,18-19H2,(H,30,33). The summed E-state index contributed by atoms with van der Waals surface area (Å²) >= 11 is 1.54. The van der Waals surface area contributed by atoms with Crippen LogP contribution < -0.4 is 5.56 Å². The van der Waals surface area contributed by atoms with Crippen LogP contribution in [0.25, 0.3) is 10.9 Å². The van der Waals surface area contributed by atoms with E-state index in [0.717, 1.165) is 10.4 Å². The molecule has 1 amide bonds. The maximum atomic E-state index is 14.4. The lowest BCUT2D eigenvalue weighted by molar-refractivity contribution is -0.137. The van der Waals surface area contributed by atoms with E-state index in [4.69, 9.17) is 4.42 Å². The monoisotopic (exact) mass is 559 g/mol. The Labute approximate surface area is 229 Å². The van der Waals surface area contributed by atoms with E-state index in [1.807, 2.05) is 41.8 Å². The van der Waals surface area contributed by atoms with Gasteiger partial charge in [-0.3, -0.25) is 9.59 Å². The fraction of sp³-hybridized carbons (Fsp3) is 0.172. The Kier molecular flexibility index (Phi) is 6.68. The Balaban J connectivity index is 1.43. The van der Waals surface area contributed by atoms with Crippen LogP contribution >= 0.6 is 11.3 Å². The van der Waals surface area contributed by atoms with Crippen LogP contribution in [-0.2, 0) is 34.3 Å². The second kappa shape index (κ2) is 10.3. The Morgan fingerprint density at radius 1 is 1.03 bits per heavy atom. The quantitative estimate of drug-likeness (QED) is 0.311. The highest BCUT2D eigenvalue weighted by Gasteiger charge is 2.42. The molecule has 0 radical (unpaired) electrons. The average Bonchev–Trinajstić information content (AvgIpc) is 3.66. The fourth-order valence-electron chi connectivity index (χ4n) is 5.05. The van der Waals surface area contributed by atoms with E-state index in [1.165, 1.54) is 33.8 Å². The lowest BCUT2D eigenvalue weighted by Crippen LogP contribution is -2.48. The predicted octanol–water partition coefficient (Wildman–Crippen LogP) is 4.70. The molecule has 1 N–H and O–H groups in total. The van der Waals surface area contributed by atoms with Gasteiger partial charge >= 0.3 is 0 Å². The van der Waals surface area contributed by atoms with Crippen LogP contribution in [0.2, 0.25) is 0 Å². The number of fused-ring (bicyclic) bond motifs is 2. The molecule has 0 bridgehead atoms. The first-order valence-corrected chi connectivity index (χ1v) is 14.8. The van der Waals surface area contributed by atoms with E-state index in [9.17, 15) is 18.0 Å². The van der Waals surface area contributed by atoms with Gasteiger partial charge in [-0.1, -0.05) is 30.3 Å². The summed E-state index contributed by atoms with van der Waals surface area (Å²) in [5.41, 5.74) is 1.91. The third-order valence-electron chi connectivity index (χ3n) is 6.94. The first-order valence-electron chi connectivity index (χ1n) is 12.5. The van der Waals surface area contributed by atoms with Gasteiger partial charge < -0.3 is 14.3 Å². The number of nitrogens with zero attached hydrogens (tertiary/aromatic N) is 2. The van der Waals surface area contributed by atoms with Crippen molar-refractivity contribution in [2.45, 2.75) is 30.4 Å². The Bertz CT molecular complexity index is 1760. The van der Waals surface area contributed by atoms with Crippen molar-refractivity contribution in [2.75, 3.05) is 6.54 Å². The molecule has 3 aromatic heterocycles. The zero-order valence-corrected chi connectivity index (χ0v) is 22.5. The van der Waals surface area contributed by atoms with Gasteiger partial charge in [0.05, 0.1) is 24.2 Å². The van der Waals surface area contributed by atoms with Crippen molar-refractivity contribution in [3.63, 3.8) is 0 Å². The van der Waals surface area contributed by atoms with E-state index >= 15 is 0 Å². The van der Waals surface area contributed by atoms with Crippen molar-refractivity contribution in [3.05, 3.63) is 123 Å². The minimum Gasteiger partial charge on any atom is -0.467 e. The molecule has 1 aliphatic heterocycles.